The lowest BCUT2D eigenvalue weighted by molar-refractivity contribution is 0.513. The third kappa shape index (κ3) is 1.67. The standard InChI is InChI=1S/C16H17N/c1-11-10-15-13(12-6-3-2-4-7-12)8-5-9-14(15)16(11)17/h2-9,11,16H,10,17H2,1H3. The molecule has 0 radical (unpaired) electrons. The van der Waals surface area contributed by atoms with E-state index < -0.39 is 0 Å². The predicted octanol–water partition coefficient (Wildman–Crippen LogP) is 3.55. The predicted molar refractivity (Wildman–Crippen MR) is 71.7 cm³/mol. The van der Waals surface area contributed by atoms with Crippen LogP contribution < -0.4 is 5.73 Å². The van der Waals surface area contributed by atoms with Crippen LogP contribution in [0.2, 0.25) is 0 Å². The van der Waals surface area contributed by atoms with Gasteiger partial charge in [-0.05, 0) is 34.6 Å². The molecule has 0 aromatic heterocycles. The maximum absolute atomic E-state index is 6.24. The fourth-order valence-electron chi connectivity index (χ4n) is 2.79. The van der Waals surface area contributed by atoms with Crippen molar-refractivity contribution in [3.8, 4) is 11.1 Å². The first-order valence-electron chi connectivity index (χ1n) is 6.20. The van der Waals surface area contributed by atoms with Gasteiger partial charge in [-0.1, -0.05) is 55.5 Å². The SMILES string of the molecule is CC1Cc2c(-c3ccccc3)cccc2C1N. The molecule has 0 amide bonds. The smallest absolute Gasteiger partial charge is 0.0327 e. The number of hydrogen-bond donors (Lipinski definition) is 1. The summed E-state index contributed by atoms with van der Waals surface area (Å²) in [5, 5.41) is 0. The Kier molecular flexibility index (Phi) is 2.49. The van der Waals surface area contributed by atoms with Crippen molar-refractivity contribution in [3.63, 3.8) is 0 Å². The molecule has 2 aromatic carbocycles. The molecule has 0 saturated heterocycles. The molecule has 3 rings (SSSR count). The van der Waals surface area contributed by atoms with E-state index >= 15 is 0 Å². The molecule has 0 spiro atoms. The fraction of sp³-hybridized carbons (Fsp3) is 0.250. The molecule has 0 saturated carbocycles. The molecule has 1 nitrogen and oxygen atoms in total. The minimum absolute atomic E-state index is 0.202. The van der Waals surface area contributed by atoms with E-state index in [1.54, 1.807) is 0 Å². The van der Waals surface area contributed by atoms with Crippen LogP contribution in [0.3, 0.4) is 0 Å². The van der Waals surface area contributed by atoms with Crippen molar-refractivity contribution in [2.75, 3.05) is 0 Å². The summed E-state index contributed by atoms with van der Waals surface area (Å²) in [6, 6.07) is 17.3. The highest BCUT2D eigenvalue weighted by molar-refractivity contribution is 5.70. The zero-order valence-electron chi connectivity index (χ0n) is 10.1. The highest BCUT2D eigenvalue weighted by atomic mass is 14.7. The molecule has 1 aliphatic rings. The second-order valence-corrected chi connectivity index (χ2v) is 4.95. The molecule has 2 unspecified atom stereocenters. The van der Waals surface area contributed by atoms with Crippen LogP contribution in [-0.4, -0.2) is 0 Å². The van der Waals surface area contributed by atoms with Gasteiger partial charge in [-0.15, -0.1) is 0 Å². The van der Waals surface area contributed by atoms with E-state index in [2.05, 4.69) is 55.5 Å². The van der Waals surface area contributed by atoms with Crippen molar-refractivity contribution in [3.05, 3.63) is 59.7 Å². The lowest BCUT2D eigenvalue weighted by atomic mass is 9.96. The van der Waals surface area contributed by atoms with Crippen molar-refractivity contribution >= 4 is 0 Å². The number of rotatable bonds is 1. The Bertz CT molecular complexity index is 530. The molecule has 1 aliphatic carbocycles. The van der Waals surface area contributed by atoms with Gasteiger partial charge in [0.05, 0.1) is 0 Å². The zero-order chi connectivity index (χ0) is 11.8. The number of fused-ring (bicyclic) bond motifs is 1. The average molecular weight is 223 g/mol. The lowest BCUT2D eigenvalue weighted by Crippen LogP contribution is -2.13. The number of benzene rings is 2. The summed E-state index contributed by atoms with van der Waals surface area (Å²) >= 11 is 0. The van der Waals surface area contributed by atoms with Gasteiger partial charge in [-0.3, -0.25) is 0 Å². The van der Waals surface area contributed by atoms with Crippen LogP contribution >= 0.6 is 0 Å². The molecule has 0 fully saturated rings. The van der Waals surface area contributed by atoms with Crippen molar-refractivity contribution in [2.24, 2.45) is 11.7 Å². The van der Waals surface area contributed by atoms with Gasteiger partial charge in [-0.2, -0.15) is 0 Å². The summed E-state index contributed by atoms with van der Waals surface area (Å²) in [6.07, 6.45) is 1.10. The van der Waals surface area contributed by atoms with Crippen LogP contribution in [0.4, 0.5) is 0 Å². The van der Waals surface area contributed by atoms with Gasteiger partial charge in [0.2, 0.25) is 0 Å². The Hall–Kier alpha value is -1.60. The Morgan fingerprint density at radius 2 is 1.76 bits per heavy atom. The maximum Gasteiger partial charge on any atom is 0.0327 e. The van der Waals surface area contributed by atoms with Crippen LogP contribution in [0.15, 0.2) is 48.5 Å². The largest absolute Gasteiger partial charge is 0.324 e. The molecule has 17 heavy (non-hydrogen) atoms. The van der Waals surface area contributed by atoms with Crippen molar-refractivity contribution < 1.29 is 0 Å². The second-order valence-electron chi connectivity index (χ2n) is 4.95. The second kappa shape index (κ2) is 4.01. The Labute approximate surface area is 102 Å². The molecule has 0 bridgehead atoms. The summed E-state index contributed by atoms with van der Waals surface area (Å²) < 4.78 is 0. The first-order valence-corrected chi connectivity index (χ1v) is 6.20. The highest BCUT2D eigenvalue weighted by Crippen LogP contribution is 2.39. The Morgan fingerprint density at radius 3 is 2.53 bits per heavy atom. The molecular formula is C16H17N. The topological polar surface area (TPSA) is 26.0 Å². The summed E-state index contributed by atoms with van der Waals surface area (Å²) in [5.41, 5.74) is 11.7. The molecule has 2 atom stereocenters. The van der Waals surface area contributed by atoms with E-state index in [9.17, 15) is 0 Å². The molecule has 0 aliphatic heterocycles. The van der Waals surface area contributed by atoms with Gasteiger partial charge in [0.25, 0.3) is 0 Å². The van der Waals surface area contributed by atoms with E-state index in [1.165, 1.54) is 22.3 Å². The van der Waals surface area contributed by atoms with Crippen LogP contribution in [-0.2, 0) is 6.42 Å². The van der Waals surface area contributed by atoms with Crippen LogP contribution in [0, 0.1) is 5.92 Å². The molecule has 2 N–H and O–H groups in total. The Balaban J connectivity index is 2.16. The first-order chi connectivity index (χ1) is 8.27. The van der Waals surface area contributed by atoms with Gasteiger partial charge in [0, 0.05) is 6.04 Å². The summed E-state index contributed by atoms with van der Waals surface area (Å²) in [7, 11) is 0. The minimum Gasteiger partial charge on any atom is -0.324 e. The van der Waals surface area contributed by atoms with Gasteiger partial charge in [0.1, 0.15) is 0 Å². The summed E-state index contributed by atoms with van der Waals surface area (Å²) in [4.78, 5) is 0. The number of hydrogen-bond acceptors (Lipinski definition) is 1. The molecule has 1 heteroatoms. The average Bonchev–Trinajstić information content (AvgIpc) is 2.67. The van der Waals surface area contributed by atoms with Gasteiger partial charge >= 0.3 is 0 Å². The van der Waals surface area contributed by atoms with Crippen molar-refractivity contribution in [1.29, 1.82) is 0 Å². The molecule has 2 aromatic rings. The van der Waals surface area contributed by atoms with E-state index in [0.717, 1.165) is 6.42 Å². The quantitative estimate of drug-likeness (QED) is 0.786. The zero-order valence-corrected chi connectivity index (χ0v) is 10.1. The summed E-state index contributed by atoms with van der Waals surface area (Å²) in [6.45, 7) is 2.24. The monoisotopic (exact) mass is 223 g/mol. The van der Waals surface area contributed by atoms with Crippen LogP contribution in [0.5, 0.6) is 0 Å². The van der Waals surface area contributed by atoms with E-state index in [-0.39, 0.29) is 6.04 Å². The molecule has 0 heterocycles. The minimum atomic E-state index is 0.202. The van der Waals surface area contributed by atoms with Gasteiger partial charge in [-0.25, -0.2) is 0 Å². The first kappa shape index (κ1) is 10.5. The molecule has 86 valence electrons. The van der Waals surface area contributed by atoms with E-state index in [0.29, 0.717) is 5.92 Å². The number of nitrogens with two attached hydrogens (primary N) is 1. The van der Waals surface area contributed by atoms with E-state index in [1.807, 2.05) is 0 Å². The third-order valence-corrected chi connectivity index (χ3v) is 3.80. The molecular weight excluding hydrogens is 206 g/mol. The normalized spacial score (nSPS) is 22.5. The van der Waals surface area contributed by atoms with Crippen molar-refractivity contribution in [2.45, 2.75) is 19.4 Å². The highest BCUT2D eigenvalue weighted by Gasteiger charge is 2.27. The summed E-state index contributed by atoms with van der Waals surface area (Å²) in [5.74, 6) is 0.551. The van der Waals surface area contributed by atoms with Crippen LogP contribution in [0.25, 0.3) is 11.1 Å². The third-order valence-electron chi connectivity index (χ3n) is 3.80. The van der Waals surface area contributed by atoms with Gasteiger partial charge < -0.3 is 5.73 Å². The fourth-order valence-corrected chi connectivity index (χ4v) is 2.79. The lowest BCUT2D eigenvalue weighted by Gasteiger charge is -2.10. The maximum atomic E-state index is 6.24. The van der Waals surface area contributed by atoms with Crippen LogP contribution in [0.1, 0.15) is 24.1 Å². The van der Waals surface area contributed by atoms with E-state index in [4.69, 9.17) is 5.73 Å². The Morgan fingerprint density at radius 1 is 1.00 bits per heavy atom. The van der Waals surface area contributed by atoms with Crippen molar-refractivity contribution in [1.82, 2.24) is 0 Å². The van der Waals surface area contributed by atoms with Gasteiger partial charge in [0.15, 0.2) is 0 Å².